The van der Waals surface area contributed by atoms with Gasteiger partial charge in [0.1, 0.15) is 0 Å². The van der Waals surface area contributed by atoms with Gasteiger partial charge in [-0.15, -0.1) is 0 Å². The van der Waals surface area contributed by atoms with Crippen molar-refractivity contribution in [1.29, 1.82) is 0 Å². The van der Waals surface area contributed by atoms with Crippen LogP contribution < -0.4 is 5.32 Å². The van der Waals surface area contributed by atoms with Gasteiger partial charge in [0.15, 0.2) is 0 Å². The third-order valence-electron chi connectivity index (χ3n) is 3.30. The molecule has 3 heteroatoms. The van der Waals surface area contributed by atoms with Crippen LogP contribution in [0.4, 0.5) is 0 Å². The van der Waals surface area contributed by atoms with E-state index < -0.39 is 0 Å². The topological polar surface area (TPSA) is 21.3 Å². The van der Waals surface area contributed by atoms with E-state index in [0.717, 1.165) is 23.7 Å². The summed E-state index contributed by atoms with van der Waals surface area (Å²) in [6, 6.07) is 8.27. The van der Waals surface area contributed by atoms with Crippen molar-refractivity contribution in [3.63, 3.8) is 0 Å². The van der Waals surface area contributed by atoms with Crippen molar-refractivity contribution in [1.82, 2.24) is 5.32 Å². The highest BCUT2D eigenvalue weighted by atomic mass is 35.5. The van der Waals surface area contributed by atoms with Crippen LogP contribution in [-0.2, 0) is 4.74 Å². The van der Waals surface area contributed by atoms with Crippen LogP contribution >= 0.6 is 11.6 Å². The van der Waals surface area contributed by atoms with E-state index in [-0.39, 0.29) is 6.04 Å². The predicted molar refractivity (Wildman–Crippen MR) is 71.5 cm³/mol. The second-order valence-corrected chi connectivity index (χ2v) is 5.05. The first-order valence-corrected chi connectivity index (χ1v) is 6.74. The molecule has 1 aromatic carbocycles. The Bertz CT molecular complexity index is 350. The molecule has 2 nitrogen and oxygen atoms in total. The Morgan fingerprint density at radius 2 is 2.24 bits per heavy atom. The molecule has 0 saturated carbocycles. The Kier molecular flexibility index (Phi) is 4.84. The van der Waals surface area contributed by atoms with E-state index in [0.29, 0.717) is 6.10 Å². The van der Waals surface area contributed by atoms with Crippen molar-refractivity contribution in [2.24, 2.45) is 0 Å². The fourth-order valence-electron chi connectivity index (χ4n) is 2.21. The number of halogens is 1. The van der Waals surface area contributed by atoms with Gasteiger partial charge in [0, 0.05) is 24.2 Å². The van der Waals surface area contributed by atoms with E-state index >= 15 is 0 Å². The summed E-state index contributed by atoms with van der Waals surface area (Å²) in [5.74, 6) is 0. The molecule has 1 aliphatic rings. The molecular formula is C14H20ClNO. The molecule has 0 spiro atoms. The Morgan fingerprint density at radius 1 is 1.41 bits per heavy atom. The minimum Gasteiger partial charge on any atom is -0.377 e. The number of benzene rings is 1. The molecule has 2 atom stereocenters. The van der Waals surface area contributed by atoms with Crippen LogP contribution in [0.15, 0.2) is 24.3 Å². The highest BCUT2D eigenvalue weighted by molar-refractivity contribution is 6.31. The normalized spacial score (nSPS) is 22.4. The van der Waals surface area contributed by atoms with Gasteiger partial charge in [-0.25, -0.2) is 0 Å². The molecule has 2 rings (SSSR count). The van der Waals surface area contributed by atoms with Crippen LogP contribution in [0.1, 0.15) is 37.8 Å². The van der Waals surface area contributed by atoms with Gasteiger partial charge >= 0.3 is 0 Å². The molecule has 1 aromatic rings. The molecule has 1 saturated heterocycles. The minimum absolute atomic E-state index is 0.272. The molecule has 0 aromatic heterocycles. The first-order valence-electron chi connectivity index (χ1n) is 6.37. The van der Waals surface area contributed by atoms with Gasteiger partial charge in [0.25, 0.3) is 0 Å². The molecule has 1 fully saturated rings. The van der Waals surface area contributed by atoms with Crippen LogP contribution in [0.3, 0.4) is 0 Å². The maximum atomic E-state index is 6.17. The zero-order valence-corrected chi connectivity index (χ0v) is 11.0. The van der Waals surface area contributed by atoms with Crippen molar-refractivity contribution < 1.29 is 4.74 Å². The number of ether oxygens (including phenoxy) is 1. The summed E-state index contributed by atoms with van der Waals surface area (Å²) < 4.78 is 5.70. The van der Waals surface area contributed by atoms with Crippen molar-refractivity contribution in [2.75, 3.05) is 13.2 Å². The largest absolute Gasteiger partial charge is 0.377 e. The number of nitrogens with one attached hydrogen (secondary N) is 1. The zero-order valence-electron chi connectivity index (χ0n) is 10.3. The number of rotatable bonds is 4. The van der Waals surface area contributed by atoms with Gasteiger partial charge in [0.05, 0.1) is 6.10 Å². The lowest BCUT2D eigenvalue weighted by Gasteiger charge is -2.25. The quantitative estimate of drug-likeness (QED) is 0.886. The molecular weight excluding hydrogens is 234 g/mol. The summed E-state index contributed by atoms with van der Waals surface area (Å²) in [7, 11) is 0. The summed E-state index contributed by atoms with van der Waals surface area (Å²) in [6.07, 6.45) is 4.03. The number of hydrogen-bond acceptors (Lipinski definition) is 2. The van der Waals surface area contributed by atoms with Gasteiger partial charge in [-0.2, -0.15) is 0 Å². The van der Waals surface area contributed by atoms with Gasteiger partial charge in [0.2, 0.25) is 0 Å². The highest BCUT2D eigenvalue weighted by Crippen LogP contribution is 2.22. The Balaban J connectivity index is 1.84. The first kappa shape index (κ1) is 12.9. The van der Waals surface area contributed by atoms with Gasteiger partial charge in [-0.05, 0) is 37.8 Å². The van der Waals surface area contributed by atoms with E-state index in [2.05, 4.69) is 18.3 Å². The standard InChI is InChI=1S/C14H20ClNO/c1-11(13-7-2-3-8-14(13)15)16-10-12-6-4-5-9-17-12/h2-3,7-8,11-12,16H,4-6,9-10H2,1H3/t11-,12?/m0/s1. The molecule has 0 amide bonds. The SMILES string of the molecule is C[C@H](NCC1CCCCO1)c1ccccc1Cl. The molecule has 1 N–H and O–H groups in total. The zero-order chi connectivity index (χ0) is 12.1. The smallest absolute Gasteiger partial charge is 0.0699 e. The molecule has 0 bridgehead atoms. The summed E-state index contributed by atoms with van der Waals surface area (Å²) in [4.78, 5) is 0. The van der Waals surface area contributed by atoms with Crippen LogP contribution in [0.25, 0.3) is 0 Å². The average molecular weight is 254 g/mol. The van der Waals surface area contributed by atoms with E-state index in [1.807, 2.05) is 18.2 Å². The van der Waals surface area contributed by atoms with E-state index in [9.17, 15) is 0 Å². The monoisotopic (exact) mass is 253 g/mol. The van der Waals surface area contributed by atoms with Gasteiger partial charge in [-0.3, -0.25) is 0 Å². The van der Waals surface area contributed by atoms with Crippen LogP contribution in [-0.4, -0.2) is 19.3 Å². The second kappa shape index (κ2) is 6.39. The lowest BCUT2D eigenvalue weighted by molar-refractivity contribution is 0.0156. The van der Waals surface area contributed by atoms with Crippen molar-refractivity contribution >= 4 is 11.6 Å². The number of hydrogen-bond donors (Lipinski definition) is 1. The first-order chi connectivity index (χ1) is 8.27. The van der Waals surface area contributed by atoms with Crippen LogP contribution in [0.2, 0.25) is 5.02 Å². The highest BCUT2D eigenvalue weighted by Gasteiger charge is 2.15. The van der Waals surface area contributed by atoms with E-state index in [1.54, 1.807) is 0 Å². The van der Waals surface area contributed by atoms with Crippen LogP contribution in [0, 0.1) is 0 Å². The Hall–Kier alpha value is -0.570. The summed E-state index contributed by atoms with van der Waals surface area (Å²) in [5.41, 5.74) is 1.16. The maximum absolute atomic E-state index is 6.17. The molecule has 1 aliphatic heterocycles. The summed E-state index contributed by atoms with van der Waals surface area (Å²) in [6.45, 7) is 3.96. The molecule has 1 heterocycles. The fraction of sp³-hybridized carbons (Fsp3) is 0.571. The van der Waals surface area contributed by atoms with E-state index in [1.165, 1.54) is 19.3 Å². The van der Waals surface area contributed by atoms with Gasteiger partial charge in [-0.1, -0.05) is 29.8 Å². The molecule has 17 heavy (non-hydrogen) atoms. The minimum atomic E-state index is 0.272. The second-order valence-electron chi connectivity index (χ2n) is 4.64. The lowest BCUT2D eigenvalue weighted by atomic mass is 10.1. The third kappa shape index (κ3) is 3.70. The summed E-state index contributed by atoms with van der Waals surface area (Å²) in [5, 5.41) is 4.33. The molecule has 0 radical (unpaired) electrons. The average Bonchev–Trinajstić information content (AvgIpc) is 2.38. The fourth-order valence-corrected chi connectivity index (χ4v) is 2.51. The lowest BCUT2D eigenvalue weighted by Crippen LogP contribution is -2.33. The van der Waals surface area contributed by atoms with Crippen molar-refractivity contribution in [2.45, 2.75) is 38.3 Å². The van der Waals surface area contributed by atoms with Crippen LogP contribution in [0.5, 0.6) is 0 Å². The third-order valence-corrected chi connectivity index (χ3v) is 3.64. The van der Waals surface area contributed by atoms with Crippen molar-refractivity contribution in [3.8, 4) is 0 Å². The van der Waals surface area contributed by atoms with Crippen molar-refractivity contribution in [3.05, 3.63) is 34.9 Å². The molecule has 0 aliphatic carbocycles. The van der Waals surface area contributed by atoms with E-state index in [4.69, 9.17) is 16.3 Å². The predicted octanol–water partition coefficient (Wildman–Crippen LogP) is 3.56. The Labute approximate surface area is 108 Å². The molecule has 94 valence electrons. The maximum Gasteiger partial charge on any atom is 0.0699 e. The Morgan fingerprint density at radius 3 is 2.94 bits per heavy atom. The van der Waals surface area contributed by atoms with Gasteiger partial charge < -0.3 is 10.1 Å². The molecule has 1 unspecified atom stereocenters. The summed E-state index contributed by atoms with van der Waals surface area (Å²) >= 11 is 6.17.